The molecule has 0 saturated heterocycles. The van der Waals surface area contributed by atoms with Crippen molar-refractivity contribution in [1.29, 1.82) is 0 Å². The topological polar surface area (TPSA) is 15.8 Å². The van der Waals surface area contributed by atoms with Gasteiger partial charge in [-0.2, -0.15) is 0 Å². The molecule has 0 radical (unpaired) electrons. The number of fused-ring (bicyclic) bond motifs is 1. The first kappa shape index (κ1) is 14.4. The normalized spacial score (nSPS) is 10.8. The first-order valence-electron chi connectivity index (χ1n) is 7.10. The van der Waals surface area contributed by atoms with Crippen molar-refractivity contribution < 1.29 is 0 Å². The van der Waals surface area contributed by atoms with Crippen LogP contribution in [0.2, 0.25) is 0 Å². The van der Waals surface area contributed by atoms with E-state index in [1.54, 1.807) is 0 Å². The summed E-state index contributed by atoms with van der Waals surface area (Å²) in [6.07, 6.45) is 4.12. The van der Waals surface area contributed by atoms with Crippen LogP contribution in [0.5, 0.6) is 0 Å². The van der Waals surface area contributed by atoms with Crippen LogP contribution in [0.15, 0.2) is 43.6 Å². The second-order valence-electron chi connectivity index (χ2n) is 5.53. The largest absolute Gasteiger partial charge is 0.361 e. The zero-order valence-electron chi connectivity index (χ0n) is 12.8. The summed E-state index contributed by atoms with van der Waals surface area (Å²) < 4.78 is 0. The van der Waals surface area contributed by atoms with E-state index in [1.165, 1.54) is 16.5 Å². The number of allylic oxidation sites excluding steroid dienone is 3. The van der Waals surface area contributed by atoms with Crippen LogP contribution < -0.4 is 0 Å². The van der Waals surface area contributed by atoms with E-state index in [0.29, 0.717) is 0 Å². The SMILES string of the molecule is C=C(CCC)C(=C)c1c[nH]c2cc(C)c(C(=C)C)cc12. The Morgan fingerprint density at radius 3 is 2.45 bits per heavy atom. The summed E-state index contributed by atoms with van der Waals surface area (Å²) >= 11 is 0. The van der Waals surface area contributed by atoms with Crippen molar-refractivity contribution in [3.8, 4) is 0 Å². The highest BCUT2D eigenvalue weighted by molar-refractivity contribution is 5.97. The first-order chi connectivity index (χ1) is 9.45. The third-order valence-corrected chi connectivity index (χ3v) is 3.79. The molecule has 0 atom stereocenters. The van der Waals surface area contributed by atoms with Crippen molar-refractivity contribution in [3.05, 3.63) is 60.3 Å². The Morgan fingerprint density at radius 1 is 1.15 bits per heavy atom. The van der Waals surface area contributed by atoms with Gasteiger partial charge in [-0.3, -0.25) is 0 Å². The van der Waals surface area contributed by atoms with E-state index in [2.05, 4.69) is 50.7 Å². The van der Waals surface area contributed by atoms with E-state index in [9.17, 15) is 0 Å². The molecule has 1 heteroatoms. The smallest absolute Gasteiger partial charge is 0.0463 e. The lowest BCUT2D eigenvalue weighted by Gasteiger charge is -2.10. The van der Waals surface area contributed by atoms with Gasteiger partial charge < -0.3 is 4.98 Å². The highest BCUT2D eigenvalue weighted by Gasteiger charge is 2.11. The summed E-state index contributed by atoms with van der Waals surface area (Å²) in [5, 5.41) is 1.20. The second-order valence-corrected chi connectivity index (χ2v) is 5.53. The summed E-state index contributed by atoms with van der Waals surface area (Å²) in [5.41, 5.74) is 8.01. The minimum Gasteiger partial charge on any atom is -0.361 e. The van der Waals surface area contributed by atoms with Crippen molar-refractivity contribution in [2.24, 2.45) is 0 Å². The second kappa shape index (κ2) is 5.54. The summed E-state index contributed by atoms with van der Waals surface area (Å²) in [5.74, 6) is 0. The molecule has 0 unspecified atom stereocenters. The van der Waals surface area contributed by atoms with Gasteiger partial charge in [-0.1, -0.05) is 38.7 Å². The highest BCUT2D eigenvalue weighted by atomic mass is 14.7. The lowest BCUT2D eigenvalue weighted by Crippen LogP contribution is -1.88. The first-order valence-corrected chi connectivity index (χ1v) is 7.10. The fraction of sp³-hybridized carbons (Fsp3) is 0.263. The predicted octanol–water partition coefficient (Wildman–Crippen LogP) is 5.88. The molecule has 104 valence electrons. The number of H-pyrrole nitrogens is 1. The minimum absolute atomic E-state index is 0.991. The molecule has 2 rings (SSSR count). The zero-order chi connectivity index (χ0) is 14.9. The molecular formula is C19H23N. The molecule has 1 heterocycles. The molecule has 0 saturated carbocycles. The van der Waals surface area contributed by atoms with Gasteiger partial charge in [0.1, 0.15) is 0 Å². The highest BCUT2D eigenvalue weighted by Crippen LogP contribution is 2.32. The van der Waals surface area contributed by atoms with Gasteiger partial charge in [0.2, 0.25) is 0 Å². The van der Waals surface area contributed by atoms with Gasteiger partial charge >= 0.3 is 0 Å². The van der Waals surface area contributed by atoms with Gasteiger partial charge in [0, 0.05) is 22.7 Å². The lowest BCUT2D eigenvalue weighted by molar-refractivity contribution is 0.934. The Bertz CT molecular complexity index is 698. The molecule has 2 aromatic rings. The van der Waals surface area contributed by atoms with Crippen molar-refractivity contribution in [2.75, 3.05) is 0 Å². The summed E-state index contributed by atoms with van der Waals surface area (Å²) in [4.78, 5) is 3.34. The molecule has 0 aliphatic rings. The molecular weight excluding hydrogens is 242 g/mol. The maximum Gasteiger partial charge on any atom is 0.0463 e. The van der Waals surface area contributed by atoms with Crippen LogP contribution in [0.3, 0.4) is 0 Å². The molecule has 1 aromatic carbocycles. The van der Waals surface area contributed by atoms with Gasteiger partial charge in [-0.15, -0.1) is 0 Å². The van der Waals surface area contributed by atoms with Crippen LogP contribution >= 0.6 is 0 Å². The Hall–Kier alpha value is -2.02. The molecule has 0 aliphatic carbocycles. The number of nitrogens with one attached hydrogen (secondary N) is 1. The summed E-state index contributed by atoms with van der Waals surface area (Å²) in [6.45, 7) is 18.8. The molecule has 1 nitrogen and oxygen atoms in total. The van der Waals surface area contributed by atoms with Crippen LogP contribution in [0.25, 0.3) is 22.0 Å². The van der Waals surface area contributed by atoms with E-state index in [-0.39, 0.29) is 0 Å². The Balaban J connectivity index is 2.56. The van der Waals surface area contributed by atoms with Crippen LogP contribution in [-0.4, -0.2) is 4.98 Å². The molecule has 1 aromatic heterocycles. The van der Waals surface area contributed by atoms with Crippen LogP contribution in [0, 0.1) is 6.92 Å². The summed E-state index contributed by atoms with van der Waals surface area (Å²) in [6, 6.07) is 4.39. The Labute approximate surface area is 121 Å². The maximum atomic E-state index is 4.22. The number of rotatable bonds is 5. The zero-order valence-corrected chi connectivity index (χ0v) is 12.8. The van der Waals surface area contributed by atoms with Crippen molar-refractivity contribution >= 4 is 22.0 Å². The number of aromatic amines is 1. The minimum atomic E-state index is 0.991. The van der Waals surface area contributed by atoms with E-state index >= 15 is 0 Å². The van der Waals surface area contributed by atoms with Gasteiger partial charge in [0.15, 0.2) is 0 Å². The average molecular weight is 265 g/mol. The standard InChI is InChI=1S/C19H23N/c1-7-8-13(4)15(6)18-11-20-19-9-14(5)16(12(2)3)10-17(18)19/h9-11,20H,2,4,6-8H2,1,3,5H3. The fourth-order valence-electron chi connectivity index (χ4n) is 2.63. The summed E-state index contributed by atoms with van der Waals surface area (Å²) in [7, 11) is 0. The third-order valence-electron chi connectivity index (χ3n) is 3.79. The number of hydrogen-bond donors (Lipinski definition) is 1. The van der Waals surface area contributed by atoms with E-state index in [0.717, 1.165) is 40.6 Å². The number of hydrogen-bond acceptors (Lipinski definition) is 0. The molecule has 0 amide bonds. The van der Waals surface area contributed by atoms with Gasteiger partial charge in [-0.05, 0) is 54.7 Å². The van der Waals surface area contributed by atoms with E-state index < -0.39 is 0 Å². The quantitative estimate of drug-likeness (QED) is 0.650. The van der Waals surface area contributed by atoms with Crippen molar-refractivity contribution in [1.82, 2.24) is 4.98 Å². The predicted molar refractivity (Wildman–Crippen MR) is 90.8 cm³/mol. The molecule has 0 aliphatic heterocycles. The lowest BCUT2D eigenvalue weighted by atomic mass is 9.94. The monoisotopic (exact) mass is 265 g/mol. The third kappa shape index (κ3) is 2.49. The molecule has 0 spiro atoms. The Kier molecular flexibility index (Phi) is 3.99. The van der Waals surface area contributed by atoms with Gasteiger partial charge in [-0.25, -0.2) is 0 Å². The van der Waals surface area contributed by atoms with E-state index in [1.807, 2.05) is 13.1 Å². The van der Waals surface area contributed by atoms with Crippen molar-refractivity contribution in [3.63, 3.8) is 0 Å². The van der Waals surface area contributed by atoms with Crippen LogP contribution in [0.1, 0.15) is 43.4 Å². The Morgan fingerprint density at radius 2 is 1.85 bits per heavy atom. The molecule has 1 N–H and O–H groups in total. The van der Waals surface area contributed by atoms with Crippen LogP contribution in [-0.2, 0) is 0 Å². The fourth-order valence-corrected chi connectivity index (χ4v) is 2.63. The number of aromatic nitrogens is 1. The van der Waals surface area contributed by atoms with Gasteiger partial charge in [0.05, 0.1) is 0 Å². The van der Waals surface area contributed by atoms with Crippen molar-refractivity contribution in [2.45, 2.75) is 33.6 Å². The van der Waals surface area contributed by atoms with E-state index in [4.69, 9.17) is 0 Å². The van der Waals surface area contributed by atoms with Crippen LogP contribution in [0.4, 0.5) is 0 Å². The molecule has 0 bridgehead atoms. The van der Waals surface area contributed by atoms with Gasteiger partial charge in [0.25, 0.3) is 0 Å². The molecule has 0 fully saturated rings. The number of benzene rings is 1. The average Bonchev–Trinajstić information content (AvgIpc) is 2.79. The number of aryl methyl sites for hydroxylation is 1. The maximum absolute atomic E-state index is 4.22. The molecule has 20 heavy (non-hydrogen) atoms.